The van der Waals surface area contributed by atoms with Crippen molar-refractivity contribution in [3.8, 4) is 0 Å². The monoisotopic (exact) mass is 400 g/mol. The fourth-order valence-electron chi connectivity index (χ4n) is 3.92. The summed E-state index contributed by atoms with van der Waals surface area (Å²) in [5.41, 5.74) is 0. The van der Waals surface area contributed by atoms with Crippen LogP contribution in [0.2, 0.25) is 0 Å². The molecular formula is C22H40O6. The van der Waals surface area contributed by atoms with E-state index in [4.69, 9.17) is 18.9 Å². The summed E-state index contributed by atoms with van der Waals surface area (Å²) in [7, 11) is 0. The maximum atomic E-state index is 11.4. The SMILES string of the molecule is CCOC(=O)[C@H]1CC[C@@H](OCC)CC1.CCOC(=O)[C@H]1CC[C@H](OCC)CC1. The van der Waals surface area contributed by atoms with E-state index in [1.165, 1.54) is 0 Å². The van der Waals surface area contributed by atoms with Gasteiger partial charge in [-0.25, -0.2) is 0 Å². The van der Waals surface area contributed by atoms with Gasteiger partial charge in [-0.2, -0.15) is 0 Å². The molecule has 6 nitrogen and oxygen atoms in total. The van der Waals surface area contributed by atoms with Crippen molar-refractivity contribution in [3.05, 3.63) is 0 Å². The van der Waals surface area contributed by atoms with Gasteiger partial charge in [-0.05, 0) is 79.1 Å². The van der Waals surface area contributed by atoms with Gasteiger partial charge in [-0.15, -0.1) is 0 Å². The molecule has 0 heterocycles. The van der Waals surface area contributed by atoms with Crippen molar-refractivity contribution in [1.82, 2.24) is 0 Å². The van der Waals surface area contributed by atoms with Crippen LogP contribution in [-0.2, 0) is 28.5 Å². The van der Waals surface area contributed by atoms with Gasteiger partial charge in [0.05, 0.1) is 37.3 Å². The minimum Gasteiger partial charge on any atom is -0.466 e. The van der Waals surface area contributed by atoms with Crippen molar-refractivity contribution in [2.24, 2.45) is 11.8 Å². The van der Waals surface area contributed by atoms with Gasteiger partial charge in [-0.1, -0.05) is 0 Å². The molecule has 0 aromatic heterocycles. The maximum absolute atomic E-state index is 11.4. The van der Waals surface area contributed by atoms with Crippen LogP contribution in [0.4, 0.5) is 0 Å². The molecule has 164 valence electrons. The van der Waals surface area contributed by atoms with Crippen LogP contribution in [0.1, 0.15) is 79.1 Å². The van der Waals surface area contributed by atoms with Gasteiger partial charge >= 0.3 is 11.9 Å². The molecule has 0 spiro atoms. The molecule has 0 aromatic carbocycles. The summed E-state index contributed by atoms with van der Waals surface area (Å²) in [6, 6.07) is 0. The van der Waals surface area contributed by atoms with Crippen LogP contribution in [0.15, 0.2) is 0 Å². The Kier molecular flexibility index (Phi) is 13.2. The molecular weight excluding hydrogens is 360 g/mol. The molecule has 0 aromatic rings. The van der Waals surface area contributed by atoms with Gasteiger partial charge in [0.1, 0.15) is 0 Å². The van der Waals surface area contributed by atoms with E-state index in [1.807, 2.05) is 27.7 Å². The minimum absolute atomic E-state index is 0.0255. The van der Waals surface area contributed by atoms with Crippen molar-refractivity contribution >= 4 is 11.9 Å². The Morgan fingerprint density at radius 2 is 0.893 bits per heavy atom. The van der Waals surface area contributed by atoms with E-state index in [0.29, 0.717) is 25.4 Å². The minimum atomic E-state index is -0.0255. The van der Waals surface area contributed by atoms with E-state index in [1.54, 1.807) is 0 Å². The summed E-state index contributed by atoms with van der Waals surface area (Å²) in [5, 5.41) is 0. The Hall–Kier alpha value is -1.14. The van der Waals surface area contributed by atoms with Crippen molar-refractivity contribution in [2.75, 3.05) is 26.4 Å². The molecule has 2 aliphatic carbocycles. The first-order chi connectivity index (χ1) is 13.5. The lowest BCUT2D eigenvalue weighted by Gasteiger charge is -2.26. The van der Waals surface area contributed by atoms with Crippen LogP contribution >= 0.6 is 0 Å². The van der Waals surface area contributed by atoms with Crippen molar-refractivity contribution in [1.29, 1.82) is 0 Å². The number of carbonyl (C=O) groups is 2. The van der Waals surface area contributed by atoms with E-state index >= 15 is 0 Å². The predicted molar refractivity (Wildman–Crippen MR) is 108 cm³/mol. The van der Waals surface area contributed by atoms with Crippen LogP contribution in [-0.4, -0.2) is 50.6 Å². The van der Waals surface area contributed by atoms with Gasteiger partial charge < -0.3 is 18.9 Å². The molecule has 28 heavy (non-hydrogen) atoms. The number of hydrogen-bond acceptors (Lipinski definition) is 6. The standard InChI is InChI=1S/2C11H20O3/c2*1-3-13-10-7-5-9(6-8-10)11(12)14-4-2/h2*9-10H,3-8H2,1-2H3/t9-,10+;9-,10-. The zero-order valence-electron chi connectivity index (χ0n) is 18.2. The lowest BCUT2D eigenvalue weighted by atomic mass is 9.87. The summed E-state index contributed by atoms with van der Waals surface area (Å²) >= 11 is 0. The summed E-state index contributed by atoms with van der Waals surface area (Å²) < 4.78 is 21.0. The molecule has 0 aliphatic heterocycles. The first-order valence-corrected chi connectivity index (χ1v) is 11.1. The molecule has 2 saturated carbocycles. The average molecular weight is 401 g/mol. The Morgan fingerprint density at radius 3 is 1.14 bits per heavy atom. The Balaban J connectivity index is 0.000000280. The first kappa shape index (κ1) is 24.9. The smallest absolute Gasteiger partial charge is 0.308 e. The highest BCUT2D eigenvalue weighted by molar-refractivity contribution is 5.72. The highest BCUT2D eigenvalue weighted by atomic mass is 16.5. The normalized spacial score (nSPS) is 27.3. The van der Waals surface area contributed by atoms with Crippen LogP contribution in [0.5, 0.6) is 0 Å². The van der Waals surface area contributed by atoms with Crippen molar-refractivity contribution < 1.29 is 28.5 Å². The third kappa shape index (κ3) is 9.37. The van der Waals surface area contributed by atoms with Crippen LogP contribution in [0, 0.1) is 11.8 Å². The zero-order chi connectivity index (χ0) is 20.8. The molecule has 6 heteroatoms. The Labute approximate surface area is 170 Å². The van der Waals surface area contributed by atoms with Gasteiger partial charge in [0, 0.05) is 13.2 Å². The molecule has 0 saturated heterocycles. The van der Waals surface area contributed by atoms with Crippen LogP contribution in [0.3, 0.4) is 0 Å². The van der Waals surface area contributed by atoms with E-state index in [9.17, 15) is 9.59 Å². The van der Waals surface area contributed by atoms with Crippen LogP contribution in [0.25, 0.3) is 0 Å². The molecule has 0 bridgehead atoms. The lowest BCUT2D eigenvalue weighted by Crippen LogP contribution is -2.27. The first-order valence-electron chi connectivity index (χ1n) is 11.1. The molecule has 2 fully saturated rings. The fraction of sp³-hybridized carbons (Fsp3) is 0.909. The third-order valence-corrected chi connectivity index (χ3v) is 5.39. The zero-order valence-corrected chi connectivity index (χ0v) is 18.2. The molecule has 0 atom stereocenters. The fourth-order valence-corrected chi connectivity index (χ4v) is 3.92. The number of rotatable bonds is 8. The number of hydrogen-bond donors (Lipinski definition) is 0. The van der Waals surface area contributed by atoms with Gasteiger partial charge in [0.25, 0.3) is 0 Å². The summed E-state index contributed by atoms with van der Waals surface area (Å²) in [5.74, 6) is 0.184. The highest BCUT2D eigenvalue weighted by Gasteiger charge is 2.28. The number of esters is 2. The van der Waals surface area contributed by atoms with Gasteiger partial charge in [0.2, 0.25) is 0 Å². The van der Waals surface area contributed by atoms with Gasteiger partial charge in [-0.3, -0.25) is 9.59 Å². The average Bonchev–Trinajstić information content (AvgIpc) is 2.70. The molecule has 2 rings (SSSR count). The van der Waals surface area contributed by atoms with E-state index in [2.05, 4.69) is 0 Å². The highest BCUT2D eigenvalue weighted by Crippen LogP contribution is 2.28. The second kappa shape index (κ2) is 14.8. The number of carbonyl (C=O) groups excluding carboxylic acids is 2. The van der Waals surface area contributed by atoms with Crippen molar-refractivity contribution in [2.45, 2.75) is 91.3 Å². The van der Waals surface area contributed by atoms with Gasteiger partial charge in [0.15, 0.2) is 0 Å². The van der Waals surface area contributed by atoms with E-state index in [-0.39, 0.29) is 23.8 Å². The molecule has 0 radical (unpaired) electrons. The Morgan fingerprint density at radius 1 is 0.571 bits per heavy atom. The Bertz CT molecular complexity index is 383. The third-order valence-electron chi connectivity index (χ3n) is 5.39. The quantitative estimate of drug-likeness (QED) is 0.566. The lowest BCUT2D eigenvalue weighted by molar-refractivity contribution is -0.151. The van der Waals surface area contributed by atoms with Crippen LogP contribution < -0.4 is 0 Å². The molecule has 0 N–H and O–H groups in total. The summed E-state index contributed by atoms with van der Waals surface area (Å²) in [4.78, 5) is 22.8. The second-order valence-corrected chi connectivity index (χ2v) is 7.36. The largest absolute Gasteiger partial charge is 0.466 e. The topological polar surface area (TPSA) is 71.1 Å². The summed E-state index contributed by atoms with van der Waals surface area (Å²) in [6.45, 7) is 10.3. The molecule has 0 amide bonds. The van der Waals surface area contributed by atoms with Crippen molar-refractivity contribution in [3.63, 3.8) is 0 Å². The predicted octanol–water partition coefficient (Wildman–Crippen LogP) is 4.29. The van der Waals surface area contributed by atoms with E-state index in [0.717, 1.165) is 64.6 Å². The maximum Gasteiger partial charge on any atom is 0.308 e. The molecule has 2 aliphatic rings. The second-order valence-electron chi connectivity index (χ2n) is 7.36. The number of ether oxygens (including phenoxy) is 4. The van der Waals surface area contributed by atoms with E-state index < -0.39 is 0 Å². The molecule has 0 unspecified atom stereocenters. The summed E-state index contributed by atoms with van der Waals surface area (Å²) in [6.07, 6.45) is 8.40.